The van der Waals surface area contributed by atoms with Crippen molar-refractivity contribution in [3.8, 4) is 6.07 Å². The summed E-state index contributed by atoms with van der Waals surface area (Å²) in [6, 6.07) is 2.82. The standard InChI is InChI=1S/C22H28N6O.CH2O3/c1-3-28-21-19(14(2)26-28)20(25-16-7-5-4-6-8-16)17(13-24-21)18-11-22(29-27-18)9-15(10-22)12-23;2-1(3)4/h13,15-16H,3-11H2,1-2H3,(H,24,25);(H2,2,3,4). The molecule has 3 N–H and O–H groups in total. The molecule has 10 nitrogen and oxygen atoms in total. The molecule has 0 aromatic carbocycles. The predicted molar refractivity (Wildman–Crippen MR) is 122 cm³/mol. The van der Waals surface area contributed by atoms with Crippen molar-refractivity contribution in [1.29, 1.82) is 5.26 Å². The van der Waals surface area contributed by atoms with Gasteiger partial charge in [-0.25, -0.2) is 14.5 Å². The van der Waals surface area contributed by atoms with E-state index >= 15 is 0 Å². The molecule has 2 saturated carbocycles. The summed E-state index contributed by atoms with van der Waals surface area (Å²) in [5, 5.41) is 37.2. The van der Waals surface area contributed by atoms with E-state index in [-0.39, 0.29) is 11.5 Å². The third kappa shape index (κ3) is 4.58. The monoisotopic (exact) mass is 454 g/mol. The maximum atomic E-state index is 9.14. The molecule has 176 valence electrons. The topological polar surface area (TPSA) is 146 Å². The van der Waals surface area contributed by atoms with Gasteiger partial charge >= 0.3 is 6.16 Å². The highest BCUT2D eigenvalue weighted by Crippen LogP contribution is 2.47. The molecule has 0 bridgehead atoms. The quantitative estimate of drug-likeness (QED) is 0.611. The minimum atomic E-state index is -1.83. The van der Waals surface area contributed by atoms with Crippen LogP contribution in [0.5, 0.6) is 0 Å². The first-order valence-electron chi connectivity index (χ1n) is 11.6. The van der Waals surface area contributed by atoms with Gasteiger partial charge < -0.3 is 20.4 Å². The van der Waals surface area contributed by atoms with Crippen LogP contribution in [0.1, 0.15) is 69.5 Å². The molecule has 2 fully saturated rings. The van der Waals surface area contributed by atoms with Crippen molar-refractivity contribution in [3.05, 3.63) is 17.5 Å². The molecular weight excluding hydrogens is 424 g/mol. The minimum absolute atomic E-state index is 0.0926. The summed E-state index contributed by atoms with van der Waals surface area (Å²) in [6.07, 6.45) is 8.65. The minimum Gasteiger partial charge on any atom is -0.450 e. The molecule has 3 aliphatic rings. The van der Waals surface area contributed by atoms with Crippen LogP contribution in [0.25, 0.3) is 11.0 Å². The number of oxime groups is 1. The zero-order valence-corrected chi connectivity index (χ0v) is 19.0. The third-order valence-electron chi connectivity index (χ3n) is 6.76. The highest BCUT2D eigenvalue weighted by Gasteiger charge is 2.51. The highest BCUT2D eigenvalue weighted by molar-refractivity contribution is 6.11. The number of aromatic nitrogens is 3. The van der Waals surface area contributed by atoms with Gasteiger partial charge in [-0.1, -0.05) is 24.4 Å². The van der Waals surface area contributed by atoms with Gasteiger partial charge in [0, 0.05) is 43.6 Å². The van der Waals surface area contributed by atoms with E-state index in [0.717, 1.165) is 59.5 Å². The molecule has 0 amide bonds. The number of nitrogens with zero attached hydrogens (tertiary/aromatic N) is 5. The second kappa shape index (κ2) is 9.25. The molecule has 5 rings (SSSR count). The number of carboxylic acid groups (broad SMARTS) is 2. The Morgan fingerprint density at radius 3 is 2.67 bits per heavy atom. The normalized spacial score (nSPS) is 24.3. The van der Waals surface area contributed by atoms with E-state index in [1.807, 2.05) is 10.9 Å². The smallest absolute Gasteiger partial charge is 0.450 e. The molecule has 2 aromatic rings. The van der Waals surface area contributed by atoms with Gasteiger partial charge in [0.05, 0.1) is 34.5 Å². The van der Waals surface area contributed by atoms with Crippen LogP contribution in [0.15, 0.2) is 11.4 Å². The van der Waals surface area contributed by atoms with Crippen LogP contribution in [-0.2, 0) is 11.4 Å². The first-order chi connectivity index (χ1) is 15.9. The Labute approximate surface area is 192 Å². The number of fused-ring (bicyclic) bond motifs is 1. The molecule has 1 spiro atoms. The first-order valence-corrected chi connectivity index (χ1v) is 11.6. The van der Waals surface area contributed by atoms with Crippen molar-refractivity contribution in [2.75, 3.05) is 5.32 Å². The van der Waals surface area contributed by atoms with Crippen molar-refractivity contribution in [2.45, 2.75) is 83.4 Å². The van der Waals surface area contributed by atoms with Crippen LogP contribution in [0.2, 0.25) is 0 Å². The summed E-state index contributed by atoms with van der Waals surface area (Å²) in [5.74, 6) is 0.0926. The Bertz CT molecular complexity index is 1100. The van der Waals surface area contributed by atoms with Crippen LogP contribution in [0.3, 0.4) is 0 Å². The number of nitrogens with one attached hydrogen (secondary N) is 1. The van der Waals surface area contributed by atoms with Gasteiger partial charge in [0.1, 0.15) is 5.60 Å². The number of hydrogen-bond acceptors (Lipinski definition) is 7. The second-order valence-corrected chi connectivity index (χ2v) is 9.13. The predicted octanol–water partition coefficient (Wildman–Crippen LogP) is 4.52. The van der Waals surface area contributed by atoms with Crippen LogP contribution >= 0.6 is 0 Å². The molecule has 0 saturated heterocycles. The number of carbonyl (C=O) groups is 1. The van der Waals surface area contributed by atoms with Crippen LogP contribution in [0.4, 0.5) is 10.5 Å². The van der Waals surface area contributed by atoms with Gasteiger partial charge in [-0.3, -0.25) is 0 Å². The molecule has 0 unspecified atom stereocenters. The molecule has 3 heterocycles. The Morgan fingerprint density at radius 2 is 2.03 bits per heavy atom. The Hall–Kier alpha value is -3.35. The highest BCUT2D eigenvalue weighted by atomic mass is 16.7. The van der Waals surface area contributed by atoms with Crippen LogP contribution in [-0.4, -0.2) is 48.5 Å². The van der Waals surface area contributed by atoms with E-state index in [9.17, 15) is 0 Å². The van der Waals surface area contributed by atoms with Crippen molar-refractivity contribution in [3.63, 3.8) is 0 Å². The summed E-state index contributed by atoms with van der Waals surface area (Å²) in [4.78, 5) is 19.2. The first kappa shape index (κ1) is 22.8. The summed E-state index contributed by atoms with van der Waals surface area (Å²) in [6.45, 7) is 4.95. The summed E-state index contributed by atoms with van der Waals surface area (Å²) in [7, 11) is 0. The number of rotatable bonds is 4. The van der Waals surface area contributed by atoms with Gasteiger partial charge in [0.25, 0.3) is 0 Å². The molecule has 1 aliphatic heterocycles. The fourth-order valence-electron chi connectivity index (χ4n) is 5.17. The van der Waals surface area contributed by atoms with E-state index in [1.54, 1.807) is 0 Å². The Morgan fingerprint density at radius 1 is 1.33 bits per heavy atom. The summed E-state index contributed by atoms with van der Waals surface area (Å²) < 4.78 is 1.97. The van der Waals surface area contributed by atoms with E-state index in [2.05, 4.69) is 30.4 Å². The lowest BCUT2D eigenvalue weighted by Crippen LogP contribution is -2.43. The average Bonchev–Trinajstić information content (AvgIpc) is 3.35. The fourth-order valence-corrected chi connectivity index (χ4v) is 5.17. The molecule has 0 radical (unpaired) electrons. The number of pyridine rings is 1. The number of anilines is 1. The molecule has 0 atom stereocenters. The lowest BCUT2D eigenvalue weighted by atomic mass is 9.69. The SMILES string of the molecule is CCn1nc(C)c2c(NC3CCCCC3)c(C3=NOC4(C3)CC(C#N)C4)cnc21.O=C(O)O. The zero-order chi connectivity index (χ0) is 23.6. The van der Waals surface area contributed by atoms with Crippen molar-refractivity contribution >= 4 is 28.6 Å². The fraction of sp³-hybridized carbons (Fsp3) is 0.609. The van der Waals surface area contributed by atoms with E-state index < -0.39 is 6.16 Å². The molecular formula is C23H30N6O4. The molecule has 33 heavy (non-hydrogen) atoms. The van der Waals surface area contributed by atoms with Gasteiger partial charge in [0.2, 0.25) is 0 Å². The summed E-state index contributed by atoms with van der Waals surface area (Å²) >= 11 is 0. The lowest BCUT2D eigenvalue weighted by molar-refractivity contribution is -0.0941. The van der Waals surface area contributed by atoms with Crippen LogP contribution < -0.4 is 5.32 Å². The zero-order valence-electron chi connectivity index (χ0n) is 19.0. The van der Waals surface area contributed by atoms with Crippen molar-refractivity contribution in [2.24, 2.45) is 11.1 Å². The van der Waals surface area contributed by atoms with Crippen LogP contribution in [0, 0.1) is 24.2 Å². The average molecular weight is 455 g/mol. The number of nitriles is 1. The molecule has 2 aromatic heterocycles. The van der Waals surface area contributed by atoms with Gasteiger partial charge in [-0.2, -0.15) is 10.4 Å². The second-order valence-electron chi connectivity index (χ2n) is 9.13. The Balaban J connectivity index is 0.000000601. The number of hydrogen-bond donors (Lipinski definition) is 3. The van der Waals surface area contributed by atoms with Gasteiger partial charge in [-0.05, 0) is 26.7 Å². The third-order valence-corrected chi connectivity index (χ3v) is 6.76. The Kier molecular flexibility index (Phi) is 6.40. The van der Waals surface area contributed by atoms with Crippen molar-refractivity contribution in [1.82, 2.24) is 14.8 Å². The van der Waals surface area contributed by atoms with Gasteiger partial charge in [0.15, 0.2) is 5.65 Å². The van der Waals surface area contributed by atoms with E-state index in [0.29, 0.717) is 6.04 Å². The van der Waals surface area contributed by atoms with E-state index in [4.69, 9.17) is 35.2 Å². The maximum Gasteiger partial charge on any atom is 0.503 e. The summed E-state index contributed by atoms with van der Waals surface area (Å²) in [5.41, 5.74) is 4.72. The molecule has 10 heteroatoms. The lowest BCUT2D eigenvalue weighted by Gasteiger charge is -2.38. The van der Waals surface area contributed by atoms with Crippen molar-refractivity contribution < 1.29 is 19.8 Å². The maximum absolute atomic E-state index is 9.14. The van der Waals surface area contributed by atoms with Gasteiger partial charge in [-0.15, -0.1) is 0 Å². The molecule has 2 aliphatic carbocycles. The van der Waals surface area contributed by atoms with E-state index in [1.165, 1.54) is 32.1 Å². The number of aryl methyl sites for hydroxylation is 2. The largest absolute Gasteiger partial charge is 0.503 e.